The monoisotopic (exact) mass is 465 g/mol. The molecule has 0 radical (unpaired) electrons. The number of benzene rings is 3. The van der Waals surface area contributed by atoms with E-state index in [1.807, 2.05) is 61.5 Å². The van der Waals surface area contributed by atoms with Crippen molar-refractivity contribution in [2.45, 2.75) is 19.4 Å². The van der Waals surface area contributed by atoms with Crippen molar-refractivity contribution in [2.24, 2.45) is 0 Å². The predicted molar refractivity (Wildman–Crippen MR) is 119 cm³/mol. The number of fused-ring (bicyclic) bond motifs is 1. The Balaban J connectivity index is 1.54. The number of urea groups is 1. The molecule has 152 valence electrons. The fourth-order valence-corrected chi connectivity index (χ4v) is 4.11. The highest BCUT2D eigenvalue weighted by Crippen LogP contribution is 2.31. The van der Waals surface area contributed by atoms with Gasteiger partial charge in [-0.2, -0.15) is 0 Å². The summed E-state index contributed by atoms with van der Waals surface area (Å²) >= 11 is 3.38. The van der Waals surface area contributed by atoms with E-state index in [4.69, 9.17) is 0 Å². The van der Waals surface area contributed by atoms with Gasteiger partial charge in [0.2, 0.25) is 5.91 Å². The third-order valence-corrected chi connectivity index (χ3v) is 5.86. The molecule has 2 N–H and O–H groups in total. The number of nitrogens with zero attached hydrogens (tertiary/aromatic N) is 1. The number of amides is 4. The molecule has 30 heavy (non-hydrogen) atoms. The van der Waals surface area contributed by atoms with Gasteiger partial charge in [0.25, 0.3) is 5.91 Å². The van der Waals surface area contributed by atoms with E-state index in [1.54, 1.807) is 13.0 Å². The van der Waals surface area contributed by atoms with Crippen molar-refractivity contribution in [2.75, 3.05) is 11.9 Å². The van der Waals surface area contributed by atoms with Crippen molar-refractivity contribution in [3.63, 3.8) is 0 Å². The van der Waals surface area contributed by atoms with Crippen LogP contribution in [0.25, 0.3) is 10.8 Å². The van der Waals surface area contributed by atoms with Gasteiger partial charge < -0.3 is 10.6 Å². The van der Waals surface area contributed by atoms with Crippen molar-refractivity contribution in [1.29, 1.82) is 0 Å². The summed E-state index contributed by atoms with van der Waals surface area (Å²) in [5, 5.41) is 7.53. The standard InChI is InChI=1S/C23H20BrN3O3/c1-14-11-18(24)9-10-19(14)25-20(28)13-27-21(29)23(2,26-22(27)30)17-8-7-15-5-3-4-6-16(15)12-17/h3-12H,13H2,1-2H3,(H,25,28)(H,26,30). The number of hydrogen-bond donors (Lipinski definition) is 2. The Kier molecular flexibility index (Phi) is 5.07. The van der Waals surface area contributed by atoms with Crippen LogP contribution in [0.4, 0.5) is 10.5 Å². The van der Waals surface area contributed by atoms with E-state index >= 15 is 0 Å². The third kappa shape index (κ3) is 3.57. The van der Waals surface area contributed by atoms with Crippen LogP contribution in [0, 0.1) is 6.92 Å². The maximum absolute atomic E-state index is 13.1. The molecule has 0 spiro atoms. The molecule has 1 aliphatic heterocycles. The highest BCUT2D eigenvalue weighted by molar-refractivity contribution is 9.10. The first kappa shape index (κ1) is 20.1. The molecule has 1 aliphatic rings. The van der Waals surface area contributed by atoms with Crippen LogP contribution in [0.1, 0.15) is 18.1 Å². The van der Waals surface area contributed by atoms with Crippen LogP contribution >= 0.6 is 15.9 Å². The average Bonchev–Trinajstić information content (AvgIpc) is 2.94. The van der Waals surface area contributed by atoms with Gasteiger partial charge in [-0.1, -0.05) is 52.3 Å². The lowest BCUT2D eigenvalue weighted by Gasteiger charge is -2.22. The van der Waals surface area contributed by atoms with Crippen LogP contribution < -0.4 is 10.6 Å². The largest absolute Gasteiger partial charge is 0.325 e. The second-order valence-corrected chi connectivity index (χ2v) is 8.43. The Labute approximate surface area is 182 Å². The molecule has 7 heteroatoms. The molecule has 0 aromatic heterocycles. The minimum absolute atomic E-state index is 0.358. The van der Waals surface area contributed by atoms with E-state index in [2.05, 4.69) is 26.6 Å². The second kappa shape index (κ2) is 7.57. The Morgan fingerprint density at radius 2 is 1.80 bits per heavy atom. The Morgan fingerprint density at radius 1 is 1.07 bits per heavy atom. The number of rotatable bonds is 4. The SMILES string of the molecule is Cc1cc(Br)ccc1NC(=O)CN1C(=O)NC(C)(c2ccc3ccccc3c2)C1=O. The van der Waals surface area contributed by atoms with E-state index in [9.17, 15) is 14.4 Å². The second-order valence-electron chi connectivity index (χ2n) is 7.52. The highest BCUT2D eigenvalue weighted by atomic mass is 79.9. The molecule has 4 rings (SSSR count). The van der Waals surface area contributed by atoms with Gasteiger partial charge in [0.15, 0.2) is 0 Å². The van der Waals surface area contributed by atoms with Crippen LogP contribution in [0.2, 0.25) is 0 Å². The fourth-order valence-electron chi connectivity index (χ4n) is 3.64. The van der Waals surface area contributed by atoms with Gasteiger partial charge in [-0.05, 0) is 60.0 Å². The topological polar surface area (TPSA) is 78.5 Å². The summed E-state index contributed by atoms with van der Waals surface area (Å²) in [5.74, 6) is -0.892. The number of imide groups is 1. The van der Waals surface area contributed by atoms with Crippen LogP contribution in [0.15, 0.2) is 65.1 Å². The van der Waals surface area contributed by atoms with Gasteiger partial charge in [0, 0.05) is 10.2 Å². The lowest BCUT2D eigenvalue weighted by Crippen LogP contribution is -2.42. The Morgan fingerprint density at radius 3 is 2.53 bits per heavy atom. The minimum Gasteiger partial charge on any atom is -0.324 e. The summed E-state index contributed by atoms with van der Waals surface area (Å²) in [7, 11) is 0. The van der Waals surface area contributed by atoms with Gasteiger partial charge in [0.05, 0.1) is 0 Å². The zero-order valence-electron chi connectivity index (χ0n) is 16.5. The number of aryl methyl sites for hydroxylation is 1. The molecule has 3 aromatic carbocycles. The third-order valence-electron chi connectivity index (χ3n) is 5.37. The van der Waals surface area contributed by atoms with E-state index < -0.39 is 23.4 Å². The van der Waals surface area contributed by atoms with Crippen LogP contribution in [-0.4, -0.2) is 29.3 Å². The normalized spacial score (nSPS) is 18.6. The molecule has 1 saturated heterocycles. The number of halogens is 1. The number of nitrogens with one attached hydrogen (secondary N) is 2. The number of carbonyl (C=O) groups excluding carboxylic acids is 3. The van der Waals surface area contributed by atoms with Crippen molar-refractivity contribution in [3.05, 3.63) is 76.3 Å². The van der Waals surface area contributed by atoms with E-state index in [0.717, 1.165) is 25.7 Å². The molecule has 1 unspecified atom stereocenters. The first-order valence-corrected chi connectivity index (χ1v) is 10.3. The molecule has 1 atom stereocenters. The van der Waals surface area contributed by atoms with Crippen molar-refractivity contribution >= 4 is 50.2 Å². The molecule has 1 fully saturated rings. The lowest BCUT2D eigenvalue weighted by molar-refractivity contribution is -0.133. The quantitative estimate of drug-likeness (QED) is 0.563. The molecule has 3 aromatic rings. The zero-order valence-corrected chi connectivity index (χ0v) is 18.1. The summed E-state index contributed by atoms with van der Waals surface area (Å²) < 4.78 is 0.901. The molecule has 0 saturated carbocycles. The van der Waals surface area contributed by atoms with Gasteiger partial charge in [-0.15, -0.1) is 0 Å². The summed E-state index contributed by atoms with van der Waals surface area (Å²) in [6, 6.07) is 18.3. The van der Waals surface area contributed by atoms with E-state index in [1.165, 1.54) is 0 Å². The van der Waals surface area contributed by atoms with Crippen LogP contribution in [0.5, 0.6) is 0 Å². The molecule has 6 nitrogen and oxygen atoms in total. The predicted octanol–water partition coefficient (Wildman–Crippen LogP) is 4.32. The maximum atomic E-state index is 13.1. The first-order chi connectivity index (χ1) is 14.3. The van der Waals surface area contributed by atoms with Crippen molar-refractivity contribution in [1.82, 2.24) is 10.2 Å². The average molecular weight is 466 g/mol. The smallest absolute Gasteiger partial charge is 0.324 e. The van der Waals surface area contributed by atoms with Gasteiger partial charge in [0.1, 0.15) is 12.1 Å². The molecule has 0 bridgehead atoms. The molecular weight excluding hydrogens is 446 g/mol. The van der Waals surface area contributed by atoms with Crippen molar-refractivity contribution in [3.8, 4) is 0 Å². The Hall–Kier alpha value is -3.19. The number of carbonyl (C=O) groups is 3. The molecule has 4 amide bonds. The zero-order chi connectivity index (χ0) is 21.5. The first-order valence-electron chi connectivity index (χ1n) is 9.47. The number of hydrogen-bond acceptors (Lipinski definition) is 3. The van der Waals surface area contributed by atoms with Gasteiger partial charge >= 0.3 is 6.03 Å². The minimum atomic E-state index is -1.23. The van der Waals surface area contributed by atoms with E-state index in [-0.39, 0.29) is 6.54 Å². The summed E-state index contributed by atoms with van der Waals surface area (Å²) in [5.41, 5.74) is 0.948. The van der Waals surface area contributed by atoms with Crippen LogP contribution in [0.3, 0.4) is 0 Å². The van der Waals surface area contributed by atoms with E-state index in [0.29, 0.717) is 11.3 Å². The lowest BCUT2D eigenvalue weighted by atomic mass is 9.90. The maximum Gasteiger partial charge on any atom is 0.325 e. The Bertz CT molecular complexity index is 1190. The highest BCUT2D eigenvalue weighted by Gasteiger charge is 2.49. The molecular formula is C23H20BrN3O3. The summed E-state index contributed by atoms with van der Waals surface area (Å²) in [6.07, 6.45) is 0. The van der Waals surface area contributed by atoms with Gasteiger partial charge in [-0.3, -0.25) is 14.5 Å². The number of anilines is 1. The van der Waals surface area contributed by atoms with Crippen LogP contribution in [-0.2, 0) is 15.1 Å². The van der Waals surface area contributed by atoms with Crippen molar-refractivity contribution < 1.29 is 14.4 Å². The summed E-state index contributed by atoms with van der Waals surface area (Å²) in [6.45, 7) is 3.17. The molecule has 0 aliphatic carbocycles. The fraction of sp³-hybridized carbons (Fsp3) is 0.174. The molecule has 1 heterocycles. The van der Waals surface area contributed by atoms with Gasteiger partial charge in [-0.25, -0.2) is 4.79 Å². The summed E-state index contributed by atoms with van der Waals surface area (Å²) in [4.78, 5) is 39.2.